The maximum Gasteiger partial charge on any atom is 0.253 e. The topological polar surface area (TPSA) is 43.8 Å². The molecular weight excluding hydrogens is 264 g/mol. The molecule has 1 aromatic rings. The van der Waals surface area contributed by atoms with Crippen molar-refractivity contribution >= 4 is 5.91 Å². The lowest BCUT2D eigenvalue weighted by atomic mass is 10.1. The number of amides is 1. The van der Waals surface area contributed by atoms with E-state index in [2.05, 4.69) is 23.8 Å². The molecule has 21 heavy (non-hydrogen) atoms. The summed E-state index contributed by atoms with van der Waals surface area (Å²) in [5, 5.41) is 8.69. The Hall–Kier alpha value is -1.83. The zero-order chi connectivity index (χ0) is 15.1. The summed E-state index contributed by atoms with van der Waals surface area (Å²) in [5.41, 5.74) is 1.59. The molecule has 1 aliphatic heterocycles. The molecule has 1 N–H and O–H groups in total. The Morgan fingerprint density at radius 3 is 2.67 bits per heavy atom. The number of hydrogen-bond acceptors (Lipinski definition) is 3. The molecule has 4 nitrogen and oxygen atoms in total. The second-order valence-corrected chi connectivity index (χ2v) is 5.30. The summed E-state index contributed by atoms with van der Waals surface area (Å²) < 4.78 is 0. The number of aliphatic hydroxyl groups is 1. The van der Waals surface area contributed by atoms with Crippen LogP contribution in [0.5, 0.6) is 0 Å². The van der Waals surface area contributed by atoms with Gasteiger partial charge in [-0.2, -0.15) is 0 Å². The Balaban J connectivity index is 2.01. The fraction of sp³-hybridized carbons (Fsp3) is 0.471. The maximum absolute atomic E-state index is 12.5. The van der Waals surface area contributed by atoms with Gasteiger partial charge in [-0.05, 0) is 44.3 Å². The molecular formula is C17H22N2O2. The lowest BCUT2D eigenvalue weighted by Gasteiger charge is -2.20. The van der Waals surface area contributed by atoms with Crippen LogP contribution in [0.1, 0.15) is 28.8 Å². The number of nitrogens with zero attached hydrogens (tertiary/aromatic N) is 2. The van der Waals surface area contributed by atoms with E-state index in [1.54, 1.807) is 0 Å². The molecule has 0 aliphatic carbocycles. The smallest absolute Gasteiger partial charge is 0.253 e. The number of hydrogen-bond donors (Lipinski definition) is 1. The van der Waals surface area contributed by atoms with Gasteiger partial charge in [0.2, 0.25) is 0 Å². The summed E-state index contributed by atoms with van der Waals surface area (Å²) in [5.74, 6) is 5.94. The minimum Gasteiger partial charge on any atom is -0.395 e. The van der Waals surface area contributed by atoms with Gasteiger partial charge in [0.25, 0.3) is 5.91 Å². The highest BCUT2D eigenvalue weighted by atomic mass is 16.2. The average molecular weight is 286 g/mol. The standard InChI is InChI=1S/C17H22N2O2/c1-18-10-4-11-19(13-12-18)17(21)16-8-6-15(7-9-16)5-2-3-14-20/h6-9,20H,3-4,10-14H2,1H3. The van der Waals surface area contributed by atoms with E-state index in [9.17, 15) is 4.79 Å². The fourth-order valence-corrected chi connectivity index (χ4v) is 2.35. The third-order valence-corrected chi connectivity index (χ3v) is 3.61. The predicted octanol–water partition coefficient (Wildman–Crippen LogP) is 1.20. The molecule has 0 radical (unpaired) electrons. The van der Waals surface area contributed by atoms with Crippen molar-refractivity contribution < 1.29 is 9.90 Å². The molecule has 0 aromatic heterocycles. The molecule has 1 fully saturated rings. The normalized spacial score (nSPS) is 16.0. The van der Waals surface area contributed by atoms with Crippen LogP contribution in [0.25, 0.3) is 0 Å². The molecule has 1 heterocycles. The predicted molar refractivity (Wildman–Crippen MR) is 83.0 cm³/mol. The van der Waals surface area contributed by atoms with Crippen molar-refractivity contribution in [2.75, 3.05) is 39.8 Å². The highest BCUT2D eigenvalue weighted by Gasteiger charge is 2.18. The van der Waals surface area contributed by atoms with Crippen molar-refractivity contribution in [2.24, 2.45) is 0 Å². The van der Waals surface area contributed by atoms with Crippen LogP contribution in [0, 0.1) is 11.8 Å². The fourth-order valence-electron chi connectivity index (χ4n) is 2.35. The number of likely N-dealkylation sites (N-methyl/N-ethyl adjacent to an activating group) is 1. The second-order valence-electron chi connectivity index (χ2n) is 5.30. The van der Waals surface area contributed by atoms with Crippen molar-refractivity contribution in [1.29, 1.82) is 0 Å². The Bertz CT molecular complexity index is 528. The zero-order valence-corrected chi connectivity index (χ0v) is 12.5. The van der Waals surface area contributed by atoms with Crippen LogP contribution >= 0.6 is 0 Å². The van der Waals surface area contributed by atoms with Crippen molar-refractivity contribution in [3.05, 3.63) is 35.4 Å². The van der Waals surface area contributed by atoms with Crippen LogP contribution in [0.3, 0.4) is 0 Å². The average Bonchev–Trinajstić information content (AvgIpc) is 2.72. The molecule has 2 rings (SSSR count). The largest absolute Gasteiger partial charge is 0.395 e. The minimum atomic E-state index is 0.0764. The Kier molecular flexibility index (Phi) is 5.79. The van der Waals surface area contributed by atoms with E-state index in [4.69, 9.17) is 5.11 Å². The SMILES string of the molecule is CN1CCCN(C(=O)c2ccc(C#CCCO)cc2)CC1. The summed E-state index contributed by atoms with van der Waals surface area (Å²) in [7, 11) is 2.09. The van der Waals surface area contributed by atoms with Gasteiger partial charge in [-0.15, -0.1) is 0 Å². The highest BCUT2D eigenvalue weighted by molar-refractivity contribution is 5.94. The van der Waals surface area contributed by atoms with Crippen molar-refractivity contribution in [1.82, 2.24) is 9.80 Å². The van der Waals surface area contributed by atoms with Gasteiger partial charge in [-0.25, -0.2) is 0 Å². The molecule has 1 aliphatic rings. The Labute approximate surface area is 126 Å². The van der Waals surface area contributed by atoms with Crippen molar-refractivity contribution in [3.8, 4) is 11.8 Å². The molecule has 1 amide bonds. The second kappa shape index (κ2) is 7.82. The van der Waals surface area contributed by atoms with Crippen LogP contribution in [-0.4, -0.2) is 60.6 Å². The number of rotatable bonds is 2. The van der Waals surface area contributed by atoms with Crippen LogP contribution in [-0.2, 0) is 0 Å². The molecule has 0 unspecified atom stereocenters. The number of carbonyl (C=O) groups is 1. The summed E-state index contributed by atoms with van der Waals surface area (Å²) in [4.78, 5) is 16.7. The molecule has 0 atom stereocenters. The van der Waals surface area contributed by atoms with E-state index < -0.39 is 0 Å². The van der Waals surface area contributed by atoms with E-state index in [0.29, 0.717) is 12.0 Å². The number of benzene rings is 1. The molecule has 0 bridgehead atoms. The van der Waals surface area contributed by atoms with Crippen LogP contribution in [0.15, 0.2) is 24.3 Å². The molecule has 4 heteroatoms. The number of carbonyl (C=O) groups excluding carboxylic acids is 1. The Morgan fingerprint density at radius 2 is 1.95 bits per heavy atom. The van der Waals surface area contributed by atoms with E-state index in [0.717, 1.165) is 38.2 Å². The maximum atomic E-state index is 12.5. The first kappa shape index (κ1) is 15.6. The highest BCUT2D eigenvalue weighted by Crippen LogP contribution is 2.10. The molecule has 0 spiro atoms. The van der Waals surface area contributed by atoms with Crippen LogP contribution in [0.4, 0.5) is 0 Å². The van der Waals surface area contributed by atoms with Crippen LogP contribution < -0.4 is 0 Å². The molecule has 112 valence electrons. The monoisotopic (exact) mass is 286 g/mol. The minimum absolute atomic E-state index is 0.0764. The summed E-state index contributed by atoms with van der Waals surface area (Å²) in [6.45, 7) is 3.65. The first-order valence-corrected chi connectivity index (χ1v) is 7.38. The summed E-state index contributed by atoms with van der Waals surface area (Å²) >= 11 is 0. The van der Waals surface area contributed by atoms with E-state index in [1.165, 1.54) is 0 Å². The third-order valence-electron chi connectivity index (χ3n) is 3.61. The first-order chi connectivity index (χ1) is 10.2. The van der Waals surface area contributed by atoms with E-state index in [1.807, 2.05) is 29.2 Å². The molecule has 0 saturated carbocycles. The summed E-state index contributed by atoms with van der Waals surface area (Å²) in [6.07, 6.45) is 1.49. The van der Waals surface area contributed by atoms with Gasteiger partial charge in [-0.1, -0.05) is 11.8 Å². The summed E-state index contributed by atoms with van der Waals surface area (Å²) in [6, 6.07) is 7.39. The van der Waals surface area contributed by atoms with Gasteiger partial charge < -0.3 is 14.9 Å². The van der Waals surface area contributed by atoms with Gasteiger partial charge in [0.05, 0.1) is 6.61 Å². The Morgan fingerprint density at radius 1 is 1.19 bits per heavy atom. The van der Waals surface area contributed by atoms with Gasteiger partial charge >= 0.3 is 0 Å². The molecule has 1 aromatic carbocycles. The van der Waals surface area contributed by atoms with Crippen molar-refractivity contribution in [2.45, 2.75) is 12.8 Å². The van der Waals surface area contributed by atoms with E-state index >= 15 is 0 Å². The quantitative estimate of drug-likeness (QED) is 0.831. The van der Waals surface area contributed by atoms with Crippen molar-refractivity contribution in [3.63, 3.8) is 0 Å². The van der Waals surface area contributed by atoms with Gasteiger partial charge in [0, 0.05) is 37.2 Å². The van der Waals surface area contributed by atoms with Gasteiger partial charge in [-0.3, -0.25) is 4.79 Å². The third kappa shape index (κ3) is 4.59. The van der Waals surface area contributed by atoms with Gasteiger partial charge in [0.15, 0.2) is 0 Å². The lowest BCUT2D eigenvalue weighted by Crippen LogP contribution is -2.34. The molecule has 1 saturated heterocycles. The van der Waals surface area contributed by atoms with Crippen LogP contribution in [0.2, 0.25) is 0 Å². The zero-order valence-electron chi connectivity index (χ0n) is 12.5. The number of aliphatic hydroxyl groups excluding tert-OH is 1. The lowest BCUT2D eigenvalue weighted by molar-refractivity contribution is 0.0763. The van der Waals surface area contributed by atoms with E-state index in [-0.39, 0.29) is 12.5 Å². The first-order valence-electron chi connectivity index (χ1n) is 7.38. The van der Waals surface area contributed by atoms with Gasteiger partial charge in [0.1, 0.15) is 0 Å².